The lowest BCUT2D eigenvalue weighted by Gasteiger charge is -2.36. The maximum atomic E-state index is 7.35. The van der Waals surface area contributed by atoms with E-state index in [9.17, 15) is 0 Å². The summed E-state index contributed by atoms with van der Waals surface area (Å²) >= 11 is 0. The molecule has 202 valence electrons. The molecule has 1 atom stereocenters. The fraction of sp³-hybridized carbons (Fsp3) is 0.189. The van der Waals surface area contributed by atoms with Crippen molar-refractivity contribution in [2.24, 2.45) is 5.41 Å². The molecule has 3 heteroatoms. The van der Waals surface area contributed by atoms with E-state index >= 15 is 0 Å². The van der Waals surface area contributed by atoms with Crippen LogP contribution in [0.1, 0.15) is 27.2 Å². The van der Waals surface area contributed by atoms with Gasteiger partial charge in [-0.15, -0.1) is 0 Å². The zero-order valence-corrected chi connectivity index (χ0v) is 25.9. The van der Waals surface area contributed by atoms with E-state index in [0.717, 1.165) is 12.6 Å². The maximum Gasteiger partial charge on any atom is 0.240 e. The highest BCUT2D eigenvalue weighted by Crippen LogP contribution is 2.56. The van der Waals surface area contributed by atoms with Crippen molar-refractivity contribution in [1.82, 2.24) is 0 Å². The topological polar surface area (TPSA) is 9.23 Å². The number of hydrogen-bond donors (Lipinski definition) is 0. The zero-order chi connectivity index (χ0) is 27.8. The molecule has 0 spiro atoms. The monoisotopic (exact) mass is 559 g/mol. The molecule has 0 aliphatic heterocycles. The minimum atomic E-state index is -1.93. The minimum Gasteiger partial charge on any atom is -0.407 e. The predicted octanol–water partition coefficient (Wildman–Crippen LogP) is 6.34. The molecule has 0 amide bonds. The third kappa shape index (κ3) is 6.37. The standard InChI is InChI=1S/C37H40OPSi/c1-37(2,3)36(38-40(34-25-15-7-16-26-34)35-27-17-8-18-28-35)29-30-39(31-19-9-4-10-20-31,32-21-11-5-12-22-32)33-23-13-6-14-24-33/h4-28,36,40H,29-30H2,1-3H3/q+1. The van der Waals surface area contributed by atoms with Gasteiger partial charge in [-0.2, -0.15) is 0 Å². The fourth-order valence-corrected chi connectivity index (χ4v) is 12.7. The van der Waals surface area contributed by atoms with Gasteiger partial charge in [0.05, 0.1) is 12.3 Å². The van der Waals surface area contributed by atoms with Gasteiger partial charge in [-0.05, 0) is 52.2 Å². The molecule has 1 nitrogen and oxygen atoms in total. The minimum absolute atomic E-state index is 0.00542. The highest BCUT2D eigenvalue weighted by atomic mass is 31.2. The van der Waals surface area contributed by atoms with Crippen molar-refractivity contribution < 1.29 is 4.43 Å². The van der Waals surface area contributed by atoms with Crippen LogP contribution in [0.4, 0.5) is 0 Å². The van der Waals surface area contributed by atoms with Gasteiger partial charge in [-0.3, -0.25) is 0 Å². The third-order valence-electron chi connectivity index (χ3n) is 7.79. The van der Waals surface area contributed by atoms with Crippen molar-refractivity contribution in [2.75, 3.05) is 6.16 Å². The summed E-state index contributed by atoms with van der Waals surface area (Å²) in [6, 6.07) is 55.4. The maximum absolute atomic E-state index is 7.35. The molecule has 0 aliphatic carbocycles. The Balaban J connectivity index is 1.57. The van der Waals surface area contributed by atoms with E-state index < -0.39 is 16.3 Å². The molecule has 5 aromatic carbocycles. The van der Waals surface area contributed by atoms with Gasteiger partial charge in [-0.1, -0.05) is 136 Å². The van der Waals surface area contributed by atoms with Crippen LogP contribution in [0.15, 0.2) is 152 Å². The number of hydrogen-bond acceptors (Lipinski definition) is 1. The normalized spacial score (nSPS) is 12.8. The average molecular weight is 560 g/mol. The molecule has 0 heterocycles. The highest BCUT2D eigenvalue weighted by Gasteiger charge is 2.46. The molecule has 0 N–H and O–H groups in total. The van der Waals surface area contributed by atoms with Crippen LogP contribution in [-0.4, -0.2) is 21.3 Å². The summed E-state index contributed by atoms with van der Waals surface area (Å²) in [7, 11) is -3.83. The van der Waals surface area contributed by atoms with E-state index in [1.807, 2.05) is 0 Å². The van der Waals surface area contributed by atoms with E-state index in [4.69, 9.17) is 4.43 Å². The molecule has 0 radical (unpaired) electrons. The molecule has 0 saturated heterocycles. The molecule has 0 aliphatic rings. The van der Waals surface area contributed by atoms with Gasteiger partial charge in [-0.25, -0.2) is 0 Å². The Morgan fingerprint density at radius 1 is 0.525 bits per heavy atom. The van der Waals surface area contributed by atoms with E-state index in [1.54, 1.807) is 0 Å². The molecule has 5 aromatic rings. The first kappa shape index (κ1) is 28.2. The Morgan fingerprint density at radius 2 is 0.850 bits per heavy atom. The molecule has 0 saturated carbocycles. The number of benzene rings is 5. The first-order chi connectivity index (χ1) is 19.5. The summed E-state index contributed by atoms with van der Waals surface area (Å²) in [4.78, 5) is 0. The van der Waals surface area contributed by atoms with Gasteiger partial charge in [0, 0.05) is 6.42 Å². The Bertz CT molecular complexity index is 1300. The van der Waals surface area contributed by atoms with Crippen LogP contribution in [0.3, 0.4) is 0 Å². The van der Waals surface area contributed by atoms with Crippen LogP contribution >= 0.6 is 7.26 Å². The van der Waals surface area contributed by atoms with E-state index in [-0.39, 0.29) is 11.5 Å². The van der Waals surface area contributed by atoms with E-state index in [1.165, 1.54) is 26.3 Å². The van der Waals surface area contributed by atoms with Gasteiger partial charge < -0.3 is 4.43 Å². The van der Waals surface area contributed by atoms with Crippen LogP contribution in [0, 0.1) is 5.41 Å². The van der Waals surface area contributed by atoms with Crippen LogP contribution in [0.5, 0.6) is 0 Å². The molecular formula is C37H40OPSi+. The van der Waals surface area contributed by atoms with Gasteiger partial charge in [0.25, 0.3) is 0 Å². The smallest absolute Gasteiger partial charge is 0.240 e. The zero-order valence-electron chi connectivity index (χ0n) is 23.9. The van der Waals surface area contributed by atoms with Crippen molar-refractivity contribution in [1.29, 1.82) is 0 Å². The van der Waals surface area contributed by atoms with Gasteiger partial charge in [0.2, 0.25) is 9.04 Å². The molecule has 40 heavy (non-hydrogen) atoms. The quantitative estimate of drug-likeness (QED) is 0.143. The van der Waals surface area contributed by atoms with Crippen molar-refractivity contribution in [3.05, 3.63) is 152 Å². The Morgan fingerprint density at radius 3 is 1.18 bits per heavy atom. The van der Waals surface area contributed by atoms with E-state index in [0.29, 0.717) is 0 Å². The van der Waals surface area contributed by atoms with Crippen molar-refractivity contribution in [3.63, 3.8) is 0 Å². The summed E-state index contributed by atoms with van der Waals surface area (Å²) in [5.74, 6) is 0. The predicted molar refractivity (Wildman–Crippen MR) is 178 cm³/mol. The Labute approximate surface area is 243 Å². The van der Waals surface area contributed by atoms with Crippen LogP contribution in [0.2, 0.25) is 0 Å². The fourth-order valence-electron chi connectivity index (χ4n) is 5.67. The molecule has 0 bridgehead atoms. The molecular weight excluding hydrogens is 519 g/mol. The lowest BCUT2D eigenvalue weighted by molar-refractivity contribution is 0.0868. The van der Waals surface area contributed by atoms with Crippen LogP contribution < -0.4 is 26.3 Å². The van der Waals surface area contributed by atoms with Crippen LogP contribution in [-0.2, 0) is 4.43 Å². The second-order valence-electron chi connectivity index (χ2n) is 11.5. The third-order valence-corrected chi connectivity index (χ3v) is 14.8. The summed E-state index contributed by atoms with van der Waals surface area (Å²) < 4.78 is 7.35. The average Bonchev–Trinajstić information content (AvgIpc) is 3.01. The second-order valence-corrected chi connectivity index (χ2v) is 17.5. The summed E-state index contributed by atoms with van der Waals surface area (Å²) in [6.07, 6.45) is 2.15. The first-order valence-corrected chi connectivity index (χ1v) is 17.9. The summed E-state index contributed by atoms with van der Waals surface area (Å²) in [6.45, 7) is 7.02. The largest absolute Gasteiger partial charge is 0.407 e. The molecule has 5 rings (SSSR count). The molecule has 0 aromatic heterocycles. The Hall–Kier alpha value is -3.29. The van der Waals surface area contributed by atoms with E-state index in [2.05, 4.69) is 172 Å². The van der Waals surface area contributed by atoms with Crippen molar-refractivity contribution in [3.8, 4) is 0 Å². The van der Waals surface area contributed by atoms with Crippen molar-refractivity contribution in [2.45, 2.75) is 33.3 Å². The van der Waals surface area contributed by atoms with Gasteiger partial charge in [0.15, 0.2) is 0 Å². The van der Waals surface area contributed by atoms with Gasteiger partial charge >= 0.3 is 0 Å². The summed E-state index contributed by atoms with van der Waals surface area (Å²) in [5.41, 5.74) is -0.00542. The van der Waals surface area contributed by atoms with Crippen LogP contribution in [0.25, 0.3) is 0 Å². The van der Waals surface area contributed by atoms with Gasteiger partial charge in [0.1, 0.15) is 23.2 Å². The Kier molecular flexibility index (Phi) is 9.12. The van der Waals surface area contributed by atoms with Crippen molar-refractivity contribution >= 4 is 42.6 Å². The SMILES string of the molecule is CC(C)(C)C(CC[P+](c1ccccc1)(c1ccccc1)c1ccccc1)O[SiH](c1ccccc1)c1ccccc1. The lowest BCUT2D eigenvalue weighted by atomic mass is 9.88. The number of rotatable bonds is 10. The molecule has 1 unspecified atom stereocenters. The molecule has 0 fully saturated rings. The first-order valence-electron chi connectivity index (χ1n) is 14.3. The lowest BCUT2D eigenvalue weighted by Crippen LogP contribution is -2.50. The highest BCUT2D eigenvalue weighted by molar-refractivity contribution is 7.95. The summed E-state index contributed by atoms with van der Waals surface area (Å²) in [5, 5.41) is 6.95. The second kappa shape index (κ2) is 12.9.